The largest absolute Gasteiger partial charge is 0.508 e. The van der Waals surface area contributed by atoms with Crippen molar-refractivity contribution in [2.75, 3.05) is 33.7 Å². The minimum absolute atomic E-state index is 0.0120. The van der Waals surface area contributed by atoms with Gasteiger partial charge in [0.15, 0.2) is 0 Å². The van der Waals surface area contributed by atoms with Crippen molar-refractivity contribution in [1.29, 1.82) is 0 Å². The van der Waals surface area contributed by atoms with Crippen LogP contribution in [0.2, 0.25) is 0 Å². The number of aromatic hydroxyl groups is 1. The quantitative estimate of drug-likeness (QED) is 0.812. The van der Waals surface area contributed by atoms with E-state index >= 15 is 0 Å². The maximum Gasteiger partial charge on any atom is 0.317 e. The van der Waals surface area contributed by atoms with Gasteiger partial charge in [0.2, 0.25) is 0 Å². The van der Waals surface area contributed by atoms with E-state index < -0.39 is 0 Å². The Labute approximate surface area is 139 Å². The Balaban J connectivity index is 1.92. The van der Waals surface area contributed by atoms with Crippen molar-refractivity contribution in [3.8, 4) is 5.75 Å². The zero-order valence-electron chi connectivity index (χ0n) is 14.3. The highest BCUT2D eigenvalue weighted by Gasteiger charge is 2.19. The molecule has 0 bridgehead atoms. The Morgan fingerprint density at radius 1 is 1.26 bits per heavy atom. The van der Waals surface area contributed by atoms with Crippen molar-refractivity contribution in [2.45, 2.75) is 32.2 Å². The molecule has 1 saturated carbocycles. The summed E-state index contributed by atoms with van der Waals surface area (Å²) in [5.41, 5.74) is 0.944. The number of rotatable bonds is 7. The molecule has 0 aromatic heterocycles. The predicted molar refractivity (Wildman–Crippen MR) is 92.4 cm³/mol. The number of nitrogens with zero attached hydrogens (tertiary/aromatic N) is 2. The van der Waals surface area contributed by atoms with Crippen molar-refractivity contribution < 1.29 is 9.90 Å². The van der Waals surface area contributed by atoms with Gasteiger partial charge in [-0.15, -0.1) is 0 Å². The van der Waals surface area contributed by atoms with Gasteiger partial charge in [0.05, 0.1) is 0 Å². The fourth-order valence-electron chi connectivity index (χ4n) is 3.01. The van der Waals surface area contributed by atoms with Gasteiger partial charge in [0.25, 0.3) is 0 Å². The smallest absolute Gasteiger partial charge is 0.317 e. The first kappa shape index (κ1) is 17.6. The molecule has 2 amide bonds. The summed E-state index contributed by atoms with van der Waals surface area (Å²) in [4.78, 5) is 16.4. The number of carbonyl (C=O) groups excluding carboxylic acids is 1. The highest BCUT2D eigenvalue weighted by Crippen LogP contribution is 2.23. The molecule has 0 saturated heterocycles. The van der Waals surface area contributed by atoms with Crippen LogP contribution in [0, 0.1) is 5.92 Å². The fourth-order valence-corrected chi connectivity index (χ4v) is 3.01. The molecule has 5 heteroatoms. The third kappa shape index (κ3) is 6.10. The molecule has 1 aromatic carbocycles. The standard InChI is InChI=1S/C18H29N3O2/c1-20(2)10-11-21(14-16-8-5-9-17(22)12-16)18(23)19-13-15-6-3-4-7-15/h5,8-9,12,15,22H,3-4,6-7,10-11,13-14H2,1-2H3,(H,19,23). The van der Waals surface area contributed by atoms with Crippen LogP contribution in [0.5, 0.6) is 5.75 Å². The number of hydrogen-bond acceptors (Lipinski definition) is 3. The van der Waals surface area contributed by atoms with Crippen LogP contribution in [-0.4, -0.2) is 54.7 Å². The van der Waals surface area contributed by atoms with Crippen LogP contribution >= 0.6 is 0 Å². The van der Waals surface area contributed by atoms with Crippen molar-refractivity contribution in [3.05, 3.63) is 29.8 Å². The Bertz CT molecular complexity index is 499. The minimum Gasteiger partial charge on any atom is -0.508 e. The molecular formula is C18H29N3O2. The zero-order valence-corrected chi connectivity index (χ0v) is 14.3. The van der Waals surface area contributed by atoms with Crippen LogP contribution in [-0.2, 0) is 6.54 Å². The van der Waals surface area contributed by atoms with Crippen molar-refractivity contribution in [2.24, 2.45) is 5.92 Å². The molecule has 2 rings (SSSR count). The lowest BCUT2D eigenvalue weighted by Gasteiger charge is -2.25. The molecule has 128 valence electrons. The van der Waals surface area contributed by atoms with Gasteiger partial charge in [-0.1, -0.05) is 25.0 Å². The first-order valence-corrected chi connectivity index (χ1v) is 8.50. The topological polar surface area (TPSA) is 55.8 Å². The molecule has 0 radical (unpaired) electrons. The highest BCUT2D eigenvalue weighted by molar-refractivity contribution is 5.74. The van der Waals surface area contributed by atoms with Crippen molar-refractivity contribution in [1.82, 2.24) is 15.1 Å². The maximum absolute atomic E-state index is 12.5. The normalized spacial score (nSPS) is 15.1. The van der Waals surface area contributed by atoms with E-state index in [1.54, 1.807) is 12.1 Å². The van der Waals surface area contributed by atoms with E-state index in [-0.39, 0.29) is 11.8 Å². The van der Waals surface area contributed by atoms with Gasteiger partial charge in [0.1, 0.15) is 5.75 Å². The van der Waals surface area contributed by atoms with E-state index in [9.17, 15) is 9.90 Å². The van der Waals surface area contributed by atoms with Gasteiger partial charge in [-0.25, -0.2) is 4.79 Å². The molecule has 0 aliphatic heterocycles. The van der Waals surface area contributed by atoms with Crippen molar-refractivity contribution >= 4 is 6.03 Å². The van der Waals surface area contributed by atoms with Gasteiger partial charge < -0.3 is 20.2 Å². The summed E-state index contributed by atoms with van der Waals surface area (Å²) in [6.07, 6.45) is 5.03. The van der Waals surface area contributed by atoms with E-state index in [0.717, 1.165) is 18.7 Å². The first-order valence-electron chi connectivity index (χ1n) is 8.50. The fraction of sp³-hybridized carbons (Fsp3) is 0.611. The SMILES string of the molecule is CN(C)CCN(Cc1cccc(O)c1)C(=O)NCC1CCCC1. The maximum atomic E-state index is 12.5. The summed E-state index contributed by atoms with van der Waals surface area (Å²) in [6, 6.07) is 7.10. The van der Waals surface area contributed by atoms with Crippen LogP contribution in [0.4, 0.5) is 4.79 Å². The molecule has 2 N–H and O–H groups in total. The molecule has 1 aliphatic rings. The molecule has 5 nitrogen and oxygen atoms in total. The molecule has 0 unspecified atom stereocenters. The number of phenolic OH excluding ortho intramolecular Hbond substituents is 1. The number of benzene rings is 1. The van der Waals surface area contributed by atoms with Crippen LogP contribution in [0.3, 0.4) is 0 Å². The van der Waals surface area contributed by atoms with E-state index in [4.69, 9.17) is 0 Å². The molecule has 1 aromatic rings. The number of phenols is 1. The third-order valence-corrected chi connectivity index (χ3v) is 4.41. The summed E-state index contributed by atoms with van der Waals surface area (Å²) >= 11 is 0. The van der Waals surface area contributed by atoms with Crippen molar-refractivity contribution in [3.63, 3.8) is 0 Å². The lowest BCUT2D eigenvalue weighted by atomic mass is 10.1. The van der Waals surface area contributed by atoms with E-state index in [1.165, 1.54) is 25.7 Å². The number of urea groups is 1. The van der Waals surface area contributed by atoms with Crippen LogP contribution in [0.15, 0.2) is 24.3 Å². The zero-order chi connectivity index (χ0) is 16.7. The summed E-state index contributed by atoms with van der Waals surface area (Å²) in [6.45, 7) is 2.77. The van der Waals surface area contributed by atoms with Crippen LogP contribution in [0.1, 0.15) is 31.2 Å². The second kappa shape index (κ2) is 8.77. The van der Waals surface area contributed by atoms with E-state index in [0.29, 0.717) is 19.0 Å². The highest BCUT2D eigenvalue weighted by atomic mass is 16.3. The Morgan fingerprint density at radius 3 is 2.65 bits per heavy atom. The molecule has 1 fully saturated rings. The van der Waals surface area contributed by atoms with Gasteiger partial charge in [-0.2, -0.15) is 0 Å². The lowest BCUT2D eigenvalue weighted by molar-refractivity contribution is 0.187. The van der Waals surface area contributed by atoms with Gasteiger partial charge in [-0.3, -0.25) is 0 Å². The second-order valence-corrected chi connectivity index (χ2v) is 6.73. The monoisotopic (exact) mass is 319 g/mol. The van der Waals surface area contributed by atoms with Crippen LogP contribution < -0.4 is 5.32 Å². The number of likely N-dealkylation sites (N-methyl/N-ethyl adjacent to an activating group) is 1. The second-order valence-electron chi connectivity index (χ2n) is 6.73. The predicted octanol–water partition coefficient (Wildman–Crippen LogP) is 2.66. The summed E-state index contributed by atoms with van der Waals surface area (Å²) in [5, 5.41) is 12.7. The number of carbonyl (C=O) groups is 1. The molecular weight excluding hydrogens is 290 g/mol. The lowest BCUT2D eigenvalue weighted by Crippen LogP contribution is -2.43. The number of hydrogen-bond donors (Lipinski definition) is 2. The summed E-state index contributed by atoms with van der Waals surface area (Å²) < 4.78 is 0. The van der Waals surface area contributed by atoms with Gasteiger partial charge >= 0.3 is 6.03 Å². The van der Waals surface area contributed by atoms with Crippen LogP contribution in [0.25, 0.3) is 0 Å². The third-order valence-electron chi connectivity index (χ3n) is 4.41. The van der Waals surface area contributed by atoms with E-state index in [2.05, 4.69) is 10.2 Å². The number of nitrogens with one attached hydrogen (secondary N) is 1. The molecule has 0 spiro atoms. The summed E-state index contributed by atoms with van der Waals surface area (Å²) in [5.74, 6) is 0.872. The Kier molecular flexibility index (Phi) is 6.71. The van der Waals surface area contributed by atoms with Gasteiger partial charge in [-0.05, 0) is 50.6 Å². The van der Waals surface area contributed by atoms with Gasteiger partial charge in [0, 0.05) is 26.2 Å². The first-order chi connectivity index (χ1) is 11.0. The summed E-state index contributed by atoms with van der Waals surface area (Å²) in [7, 11) is 4.01. The Morgan fingerprint density at radius 2 is 2.00 bits per heavy atom. The molecule has 23 heavy (non-hydrogen) atoms. The molecule has 1 aliphatic carbocycles. The molecule has 0 atom stereocenters. The minimum atomic E-state index is -0.0120. The average Bonchev–Trinajstić information content (AvgIpc) is 3.02. The Hall–Kier alpha value is -1.75. The van der Waals surface area contributed by atoms with E-state index in [1.807, 2.05) is 31.1 Å². The molecule has 0 heterocycles. The number of amides is 2. The average molecular weight is 319 g/mol.